The Balaban J connectivity index is 1.75. The van der Waals surface area contributed by atoms with E-state index in [9.17, 15) is 0 Å². The van der Waals surface area contributed by atoms with Crippen molar-refractivity contribution < 1.29 is 0 Å². The Labute approximate surface area is 94.7 Å². The Morgan fingerprint density at radius 1 is 1.40 bits per heavy atom. The van der Waals surface area contributed by atoms with Gasteiger partial charge in [-0.25, -0.2) is 4.98 Å². The summed E-state index contributed by atoms with van der Waals surface area (Å²) < 4.78 is 0. The molecule has 2 aliphatic heterocycles. The van der Waals surface area contributed by atoms with Crippen LogP contribution < -0.4 is 4.90 Å². The third-order valence-electron chi connectivity index (χ3n) is 3.61. The summed E-state index contributed by atoms with van der Waals surface area (Å²) in [5.41, 5.74) is 0. The molecule has 3 rings (SSSR count). The molecule has 1 aromatic rings. The first-order valence-electron chi connectivity index (χ1n) is 5.67. The van der Waals surface area contributed by atoms with Gasteiger partial charge in [0.2, 0.25) is 0 Å². The molecule has 0 aliphatic carbocycles. The summed E-state index contributed by atoms with van der Waals surface area (Å²) >= 11 is 1.77. The van der Waals surface area contributed by atoms with Crippen molar-refractivity contribution in [3.05, 3.63) is 11.6 Å². The first-order valence-corrected chi connectivity index (χ1v) is 6.55. The maximum atomic E-state index is 4.41. The highest BCUT2D eigenvalue weighted by atomic mass is 32.1. The van der Waals surface area contributed by atoms with Crippen LogP contribution in [-0.4, -0.2) is 41.1 Å². The second kappa shape index (κ2) is 3.46. The van der Waals surface area contributed by atoms with Gasteiger partial charge in [-0.05, 0) is 20.3 Å². The van der Waals surface area contributed by atoms with Crippen molar-refractivity contribution in [3.8, 4) is 0 Å². The average Bonchev–Trinajstić information content (AvgIpc) is 2.92. The molecule has 0 spiro atoms. The van der Waals surface area contributed by atoms with E-state index in [-0.39, 0.29) is 0 Å². The summed E-state index contributed by atoms with van der Waals surface area (Å²) in [4.78, 5) is 9.54. The van der Waals surface area contributed by atoms with Crippen LogP contribution in [0.2, 0.25) is 0 Å². The van der Waals surface area contributed by atoms with Crippen molar-refractivity contribution >= 4 is 16.5 Å². The molecule has 1 aromatic heterocycles. The molecule has 2 saturated heterocycles. The van der Waals surface area contributed by atoms with E-state index in [1.165, 1.54) is 24.6 Å². The third kappa shape index (κ3) is 1.47. The minimum atomic E-state index is 0.693. The van der Waals surface area contributed by atoms with Gasteiger partial charge < -0.3 is 4.90 Å². The van der Waals surface area contributed by atoms with E-state index >= 15 is 0 Å². The number of fused-ring (bicyclic) bond motifs is 2. The molecule has 82 valence electrons. The monoisotopic (exact) mass is 223 g/mol. The zero-order chi connectivity index (χ0) is 10.4. The zero-order valence-electron chi connectivity index (χ0n) is 9.26. The van der Waals surface area contributed by atoms with Crippen molar-refractivity contribution in [1.82, 2.24) is 9.88 Å². The number of aromatic nitrogens is 1. The lowest BCUT2D eigenvalue weighted by Gasteiger charge is -2.36. The molecule has 15 heavy (non-hydrogen) atoms. The number of piperazine rings is 1. The number of rotatable bonds is 2. The number of hydrogen-bond donors (Lipinski definition) is 0. The van der Waals surface area contributed by atoms with Crippen LogP contribution in [0, 0.1) is 0 Å². The van der Waals surface area contributed by atoms with Crippen LogP contribution in [0.15, 0.2) is 11.6 Å². The van der Waals surface area contributed by atoms with Gasteiger partial charge in [-0.3, -0.25) is 4.90 Å². The predicted octanol–water partition coefficient (Wildman–Crippen LogP) is 1.81. The Bertz CT molecular complexity index is 336. The van der Waals surface area contributed by atoms with E-state index in [0.717, 1.165) is 6.04 Å². The predicted molar refractivity (Wildman–Crippen MR) is 63.5 cm³/mol. The molecule has 2 unspecified atom stereocenters. The number of anilines is 1. The zero-order valence-corrected chi connectivity index (χ0v) is 10.1. The molecule has 3 nitrogen and oxygen atoms in total. The van der Waals surface area contributed by atoms with Gasteiger partial charge in [0.05, 0.1) is 0 Å². The quantitative estimate of drug-likeness (QED) is 0.762. The van der Waals surface area contributed by atoms with Crippen molar-refractivity contribution in [3.63, 3.8) is 0 Å². The Kier molecular flexibility index (Phi) is 2.21. The summed E-state index contributed by atoms with van der Waals surface area (Å²) in [6.07, 6.45) is 3.24. The number of nitrogens with zero attached hydrogens (tertiary/aromatic N) is 3. The van der Waals surface area contributed by atoms with Gasteiger partial charge in [-0.1, -0.05) is 0 Å². The molecular formula is C11H17N3S. The molecule has 2 aliphatic rings. The summed E-state index contributed by atoms with van der Waals surface area (Å²) in [7, 11) is 0. The second-order valence-corrected chi connectivity index (χ2v) is 5.67. The van der Waals surface area contributed by atoms with Gasteiger partial charge in [0.25, 0.3) is 0 Å². The highest BCUT2D eigenvalue weighted by Crippen LogP contribution is 2.36. The van der Waals surface area contributed by atoms with Gasteiger partial charge in [0.15, 0.2) is 5.13 Å². The average molecular weight is 223 g/mol. The molecule has 0 N–H and O–H groups in total. The maximum absolute atomic E-state index is 4.41. The Hall–Kier alpha value is -0.610. The summed E-state index contributed by atoms with van der Waals surface area (Å²) in [6.45, 7) is 7.00. The van der Waals surface area contributed by atoms with Crippen molar-refractivity contribution in [1.29, 1.82) is 0 Å². The van der Waals surface area contributed by atoms with Crippen LogP contribution in [0.4, 0.5) is 5.13 Å². The summed E-state index contributed by atoms with van der Waals surface area (Å²) in [5, 5.41) is 3.28. The number of thiazole rings is 1. The largest absolute Gasteiger partial charge is 0.342 e. The molecule has 4 heteroatoms. The van der Waals surface area contributed by atoms with Crippen molar-refractivity contribution in [2.75, 3.05) is 18.0 Å². The van der Waals surface area contributed by atoms with Crippen LogP contribution in [0.25, 0.3) is 0 Å². The number of likely N-dealkylation sites (tertiary alicyclic amines) is 1. The van der Waals surface area contributed by atoms with Gasteiger partial charge in [0.1, 0.15) is 0 Å². The minimum Gasteiger partial charge on any atom is -0.342 e. The normalized spacial score (nSPS) is 30.7. The molecule has 3 heterocycles. The highest BCUT2D eigenvalue weighted by Gasteiger charge is 2.44. The second-order valence-electron chi connectivity index (χ2n) is 4.80. The fraction of sp³-hybridized carbons (Fsp3) is 0.727. The van der Waals surface area contributed by atoms with Gasteiger partial charge in [-0.2, -0.15) is 0 Å². The molecule has 0 amide bonds. The van der Waals surface area contributed by atoms with E-state index in [2.05, 4.69) is 34.0 Å². The van der Waals surface area contributed by atoms with E-state index in [4.69, 9.17) is 0 Å². The van der Waals surface area contributed by atoms with Gasteiger partial charge in [-0.15, -0.1) is 11.3 Å². The minimum absolute atomic E-state index is 0.693. The van der Waals surface area contributed by atoms with Crippen molar-refractivity contribution in [2.45, 2.75) is 38.4 Å². The first kappa shape index (κ1) is 9.60. The summed E-state index contributed by atoms with van der Waals surface area (Å²) in [6, 6.07) is 2.17. The van der Waals surface area contributed by atoms with Crippen LogP contribution >= 0.6 is 11.3 Å². The van der Waals surface area contributed by atoms with E-state index in [1.807, 2.05) is 6.20 Å². The topological polar surface area (TPSA) is 19.4 Å². The first-order chi connectivity index (χ1) is 7.25. The van der Waals surface area contributed by atoms with Crippen LogP contribution in [0.1, 0.15) is 20.3 Å². The fourth-order valence-electron chi connectivity index (χ4n) is 2.92. The molecular weight excluding hydrogens is 206 g/mol. The Morgan fingerprint density at radius 3 is 2.80 bits per heavy atom. The smallest absolute Gasteiger partial charge is 0.185 e. The van der Waals surface area contributed by atoms with E-state index in [1.54, 1.807) is 11.3 Å². The molecule has 0 aromatic carbocycles. The van der Waals surface area contributed by atoms with Gasteiger partial charge in [0, 0.05) is 42.8 Å². The molecule has 2 bridgehead atoms. The maximum Gasteiger partial charge on any atom is 0.185 e. The molecule has 0 radical (unpaired) electrons. The highest BCUT2D eigenvalue weighted by molar-refractivity contribution is 7.13. The lowest BCUT2D eigenvalue weighted by Crippen LogP contribution is -2.48. The van der Waals surface area contributed by atoms with Gasteiger partial charge >= 0.3 is 0 Å². The van der Waals surface area contributed by atoms with Crippen LogP contribution in [0.3, 0.4) is 0 Å². The molecule has 0 saturated carbocycles. The lowest BCUT2D eigenvalue weighted by molar-refractivity contribution is 0.191. The molecule has 2 atom stereocenters. The lowest BCUT2D eigenvalue weighted by atomic mass is 10.2. The van der Waals surface area contributed by atoms with Crippen molar-refractivity contribution in [2.24, 2.45) is 0 Å². The van der Waals surface area contributed by atoms with Crippen LogP contribution in [-0.2, 0) is 0 Å². The van der Waals surface area contributed by atoms with Crippen LogP contribution in [0.5, 0.6) is 0 Å². The Morgan fingerprint density at radius 2 is 2.27 bits per heavy atom. The molecule has 2 fully saturated rings. The van der Waals surface area contributed by atoms with E-state index in [0.29, 0.717) is 12.1 Å². The fourth-order valence-corrected chi connectivity index (χ4v) is 3.65. The summed E-state index contributed by atoms with van der Waals surface area (Å²) in [5.74, 6) is 0. The number of hydrogen-bond acceptors (Lipinski definition) is 4. The third-order valence-corrected chi connectivity index (χ3v) is 4.42. The standard InChI is InChI=1S/C11H17N3S/c1-8(2)13-6-10-5-9(13)7-14(10)11-12-3-4-15-11/h3-4,8-10H,5-7H2,1-2H3. The van der Waals surface area contributed by atoms with E-state index < -0.39 is 0 Å². The SMILES string of the molecule is CC(C)N1CC2CC1CN2c1nccs1.